The fourth-order valence-corrected chi connectivity index (χ4v) is 5.48. The van der Waals surface area contributed by atoms with Crippen molar-refractivity contribution in [3.8, 4) is 5.75 Å². The lowest BCUT2D eigenvalue weighted by molar-refractivity contribution is 0.0772. The van der Waals surface area contributed by atoms with Crippen LogP contribution < -0.4 is 4.74 Å². The van der Waals surface area contributed by atoms with E-state index in [4.69, 9.17) is 4.74 Å². The van der Waals surface area contributed by atoms with Gasteiger partial charge in [0, 0.05) is 10.8 Å². The van der Waals surface area contributed by atoms with Crippen molar-refractivity contribution in [1.82, 2.24) is 0 Å². The Morgan fingerprint density at radius 2 is 2.03 bits per heavy atom. The molecular weight excluding hydrogens is 380 g/mol. The monoisotopic (exact) mass is 414 g/mol. The number of hydrogen-bond donors (Lipinski definition) is 2. The highest BCUT2D eigenvalue weighted by molar-refractivity contribution is 7.13. The smallest absolute Gasteiger partial charge is 0.125 e. The van der Waals surface area contributed by atoms with Crippen LogP contribution in [-0.2, 0) is 12.8 Å². The van der Waals surface area contributed by atoms with Gasteiger partial charge in [-0.25, -0.2) is 0 Å². The summed E-state index contributed by atoms with van der Waals surface area (Å²) in [4.78, 5) is 2.15. The lowest BCUT2D eigenvalue weighted by atomic mass is 9.85. The minimum absolute atomic E-state index is 0.155. The molecule has 1 heterocycles. The van der Waals surface area contributed by atoms with E-state index in [0.29, 0.717) is 18.4 Å². The van der Waals surface area contributed by atoms with Crippen molar-refractivity contribution in [2.24, 2.45) is 17.8 Å². The molecule has 0 bridgehead atoms. The van der Waals surface area contributed by atoms with Gasteiger partial charge in [0.1, 0.15) is 11.5 Å². The lowest BCUT2D eigenvalue weighted by Gasteiger charge is -2.24. The summed E-state index contributed by atoms with van der Waals surface area (Å²) in [5.41, 5.74) is 1.28. The van der Waals surface area contributed by atoms with Gasteiger partial charge in [0.05, 0.1) is 17.6 Å². The van der Waals surface area contributed by atoms with E-state index >= 15 is 0 Å². The highest BCUT2D eigenvalue weighted by atomic mass is 32.1. The van der Waals surface area contributed by atoms with Gasteiger partial charge in [-0.05, 0) is 73.8 Å². The molecule has 0 unspecified atom stereocenters. The van der Waals surface area contributed by atoms with E-state index in [1.807, 2.05) is 18.2 Å². The zero-order chi connectivity index (χ0) is 20.8. The van der Waals surface area contributed by atoms with E-state index < -0.39 is 0 Å². The number of thiophene rings is 1. The summed E-state index contributed by atoms with van der Waals surface area (Å²) in [6.45, 7) is 8.60. The topological polar surface area (TPSA) is 49.7 Å². The first-order valence-corrected chi connectivity index (χ1v) is 11.7. The minimum Gasteiger partial charge on any atom is -0.507 e. The van der Waals surface area contributed by atoms with Crippen LogP contribution in [0, 0.1) is 17.8 Å². The van der Waals surface area contributed by atoms with Crippen LogP contribution in [0.15, 0.2) is 43.0 Å². The Bertz CT molecular complexity index is 797. The zero-order valence-corrected chi connectivity index (χ0v) is 18.5. The van der Waals surface area contributed by atoms with E-state index in [1.165, 1.54) is 10.4 Å². The Kier molecular flexibility index (Phi) is 7.79. The Morgan fingerprint density at radius 3 is 2.76 bits per heavy atom. The summed E-state index contributed by atoms with van der Waals surface area (Å²) in [6, 6.07) is 12.3. The first kappa shape index (κ1) is 21.9. The number of unbranched alkanes of at least 4 members (excludes halogenated alkanes) is 1. The maximum atomic E-state index is 10.6. The summed E-state index contributed by atoms with van der Waals surface area (Å²) in [5.74, 6) is 2.32. The maximum absolute atomic E-state index is 10.6. The molecule has 29 heavy (non-hydrogen) atoms. The lowest BCUT2D eigenvalue weighted by Crippen LogP contribution is -2.26. The summed E-state index contributed by atoms with van der Waals surface area (Å²) in [5, 5.41) is 20.1. The molecule has 3 nitrogen and oxygen atoms in total. The number of aliphatic hydroxyl groups is 2. The number of hydrogen-bond acceptors (Lipinski definition) is 4. The third-order valence-electron chi connectivity index (χ3n) is 6.29. The van der Waals surface area contributed by atoms with Gasteiger partial charge in [-0.3, -0.25) is 0 Å². The standard InChI is InChI=1S/C25H34O3S/c1-4-19-8-7-9-20(15-19)28-16-23-22(17(2)14-24(23)27)11-6-5-10-21-12-13-25(29-21)18(3)26/h7-9,12-13,15,17,22-24,26-27H,3-6,10-11,14,16H2,1-2H3/t17-,22+,23-,24-/m1/s1. The molecule has 1 saturated carbocycles. The minimum atomic E-state index is -0.264. The molecule has 1 aliphatic carbocycles. The number of rotatable bonds is 10. The summed E-state index contributed by atoms with van der Waals surface area (Å²) < 4.78 is 6.09. The van der Waals surface area contributed by atoms with Crippen molar-refractivity contribution in [1.29, 1.82) is 0 Å². The Balaban J connectivity index is 1.49. The predicted octanol–water partition coefficient (Wildman–Crippen LogP) is 6.26. The van der Waals surface area contributed by atoms with E-state index in [2.05, 4.69) is 38.6 Å². The Hall–Kier alpha value is -1.78. The molecule has 0 saturated heterocycles. The quantitative estimate of drug-likeness (QED) is 0.356. The second-order valence-electron chi connectivity index (χ2n) is 8.38. The van der Waals surface area contributed by atoms with Crippen molar-refractivity contribution >= 4 is 17.1 Å². The van der Waals surface area contributed by atoms with Crippen LogP contribution in [-0.4, -0.2) is 22.9 Å². The molecule has 4 atom stereocenters. The van der Waals surface area contributed by atoms with Crippen LogP contribution in [0.3, 0.4) is 0 Å². The van der Waals surface area contributed by atoms with Gasteiger partial charge >= 0.3 is 0 Å². The third kappa shape index (κ3) is 5.86. The maximum Gasteiger partial charge on any atom is 0.125 e. The normalized spacial score (nSPS) is 24.0. The molecule has 0 spiro atoms. The van der Waals surface area contributed by atoms with E-state index in [9.17, 15) is 10.2 Å². The van der Waals surface area contributed by atoms with Gasteiger partial charge in [0.15, 0.2) is 0 Å². The first-order chi connectivity index (χ1) is 14.0. The molecule has 0 radical (unpaired) electrons. The van der Waals surface area contributed by atoms with Gasteiger partial charge in [0.25, 0.3) is 0 Å². The second-order valence-corrected chi connectivity index (χ2v) is 9.55. The van der Waals surface area contributed by atoms with Gasteiger partial charge in [-0.2, -0.15) is 0 Å². The predicted molar refractivity (Wildman–Crippen MR) is 122 cm³/mol. The Labute approximate surface area is 179 Å². The van der Waals surface area contributed by atoms with E-state index in [1.54, 1.807) is 11.3 Å². The number of aryl methyl sites for hydroxylation is 2. The average molecular weight is 415 g/mol. The molecule has 3 rings (SSSR count). The summed E-state index contributed by atoms with van der Waals surface area (Å²) in [6.07, 6.45) is 6.06. The second kappa shape index (κ2) is 10.3. The molecule has 1 aliphatic rings. The molecule has 0 aliphatic heterocycles. The first-order valence-electron chi connectivity index (χ1n) is 10.8. The van der Waals surface area contributed by atoms with Crippen molar-refractivity contribution in [2.75, 3.05) is 6.61 Å². The van der Waals surface area contributed by atoms with Gasteiger partial charge in [-0.15, -0.1) is 11.3 Å². The van der Waals surface area contributed by atoms with Crippen molar-refractivity contribution < 1.29 is 14.9 Å². The van der Waals surface area contributed by atoms with Crippen molar-refractivity contribution in [2.45, 2.75) is 58.5 Å². The summed E-state index contributed by atoms with van der Waals surface area (Å²) in [7, 11) is 0. The fraction of sp³-hybridized carbons (Fsp3) is 0.520. The number of benzene rings is 1. The van der Waals surface area contributed by atoms with Crippen LogP contribution in [0.5, 0.6) is 5.75 Å². The van der Waals surface area contributed by atoms with Crippen LogP contribution in [0.2, 0.25) is 0 Å². The van der Waals surface area contributed by atoms with Gasteiger partial charge < -0.3 is 14.9 Å². The van der Waals surface area contributed by atoms with Crippen LogP contribution in [0.25, 0.3) is 5.76 Å². The Morgan fingerprint density at radius 1 is 1.21 bits per heavy atom. The van der Waals surface area contributed by atoms with Gasteiger partial charge in [-0.1, -0.05) is 39.0 Å². The molecule has 1 fully saturated rings. The molecule has 2 aromatic rings. The van der Waals surface area contributed by atoms with Gasteiger partial charge in [0.2, 0.25) is 0 Å². The third-order valence-corrected chi connectivity index (χ3v) is 7.49. The number of ether oxygens (including phenoxy) is 1. The molecule has 158 valence electrons. The average Bonchev–Trinajstić information content (AvgIpc) is 3.28. The largest absolute Gasteiger partial charge is 0.507 e. The van der Waals surface area contributed by atoms with Crippen molar-refractivity contribution in [3.63, 3.8) is 0 Å². The molecule has 4 heteroatoms. The molecule has 0 amide bonds. The highest BCUT2D eigenvalue weighted by Gasteiger charge is 2.40. The molecule has 2 N–H and O–H groups in total. The fourth-order valence-electron chi connectivity index (χ4n) is 4.57. The SMILES string of the molecule is C=C(O)c1ccc(CCCC[C@@H]2[C@@H](COc3cccc(CC)c3)[C@H](O)C[C@H]2C)s1. The van der Waals surface area contributed by atoms with E-state index in [0.717, 1.165) is 49.2 Å². The van der Waals surface area contributed by atoms with Crippen LogP contribution in [0.1, 0.15) is 54.8 Å². The molecule has 1 aromatic heterocycles. The number of aliphatic hydroxyl groups excluding tert-OH is 2. The van der Waals surface area contributed by atoms with Crippen LogP contribution >= 0.6 is 11.3 Å². The van der Waals surface area contributed by atoms with Crippen molar-refractivity contribution in [3.05, 3.63) is 58.3 Å². The zero-order valence-electron chi connectivity index (χ0n) is 17.6. The van der Waals surface area contributed by atoms with Crippen LogP contribution in [0.4, 0.5) is 0 Å². The summed E-state index contributed by atoms with van der Waals surface area (Å²) >= 11 is 1.62. The molecular formula is C25H34O3S. The molecule has 1 aromatic carbocycles. The highest BCUT2D eigenvalue weighted by Crippen LogP contribution is 2.40. The van der Waals surface area contributed by atoms with E-state index in [-0.39, 0.29) is 17.8 Å².